The lowest BCUT2D eigenvalue weighted by atomic mass is 10.0. The summed E-state index contributed by atoms with van der Waals surface area (Å²) in [6.07, 6.45) is 3.44. The first-order chi connectivity index (χ1) is 12.3. The van der Waals surface area contributed by atoms with Gasteiger partial charge in [-0.2, -0.15) is 0 Å². The van der Waals surface area contributed by atoms with Crippen molar-refractivity contribution in [2.75, 3.05) is 39.4 Å². The zero-order chi connectivity index (χ0) is 17.1. The number of furan rings is 1. The van der Waals surface area contributed by atoms with Gasteiger partial charge in [-0.3, -0.25) is 9.69 Å². The van der Waals surface area contributed by atoms with E-state index in [-0.39, 0.29) is 5.91 Å². The molecule has 0 saturated carbocycles. The van der Waals surface area contributed by atoms with Gasteiger partial charge in [0, 0.05) is 26.2 Å². The van der Waals surface area contributed by atoms with Crippen LogP contribution in [0, 0.1) is 0 Å². The third-order valence-electron chi connectivity index (χ3n) is 5.09. The number of rotatable bonds is 3. The number of fused-ring (bicyclic) bond motifs is 1. The lowest BCUT2D eigenvalue weighted by Gasteiger charge is -2.25. The first-order valence-corrected chi connectivity index (χ1v) is 9.03. The Morgan fingerprint density at radius 2 is 1.68 bits per heavy atom. The van der Waals surface area contributed by atoms with Crippen LogP contribution in [-0.4, -0.2) is 55.1 Å². The molecule has 1 amide bonds. The van der Waals surface area contributed by atoms with Gasteiger partial charge in [0.15, 0.2) is 0 Å². The van der Waals surface area contributed by atoms with Gasteiger partial charge in [0.2, 0.25) is 0 Å². The quantitative estimate of drug-likeness (QED) is 0.860. The molecule has 1 aromatic heterocycles. The molecule has 0 spiro atoms. The number of amides is 1. The van der Waals surface area contributed by atoms with Gasteiger partial charge < -0.3 is 14.1 Å². The molecule has 0 N–H and O–H groups in total. The molecule has 0 bridgehead atoms. The molecule has 2 aromatic rings. The number of carbonyl (C=O) groups is 1. The van der Waals surface area contributed by atoms with Gasteiger partial charge in [0.25, 0.3) is 5.91 Å². The number of nitrogens with zero attached hydrogens (tertiary/aromatic N) is 2. The minimum atomic E-state index is 0.0739. The highest BCUT2D eigenvalue weighted by Crippen LogP contribution is 2.19. The summed E-state index contributed by atoms with van der Waals surface area (Å²) >= 11 is 0. The molecule has 5 nitrogen and oxygen atoms in total. The topological polar surface area (TPSA) is 45.9 Å². The molecule has 1 saturated heterocycles. The minimum Gasteiger partial charge on any atom is -0.467 e. The second-order valence-electron chi connectivity index (χ2n) is 6.75. The first kappa shape index (κ1) is 16.4. The van der Waals surface area contributed by atoms with E-state index in [1.807, 2.05) is 11.0 Å². The van der Waals surface area contributed by atoms with Crippen molar-refractivity contribution >= 4 is 5.91 Å². The Kier molecular flexibility index (Phi) is 4.85. The van der Waals surface area contributed by atoms with E-state index in [1.165, 1.54) is 11.1 Å². The van der Waals surface area contributed by atoms with Crippen molar-refractivity contribution in [2.24, 2.45) is 0 Å². The standard InChI is InChI=1S/C20H24N2O3/c23-20(22-7-5-16-3-1-2-4-17(16)6-8-22)18-13-19(25-15-18)14-21-9-11-24-12-10-21/h1-4,13,15H,5-12,14H2. The fraction of sp³-hybridized carbons (Fsp3) is 0.450. The molecule has 0 aliphatic carbocycles. The number of morpholine rings is 1. The summed E-state index contributed by atoms with van der Waals surface area (Å²) in [7, 11) is 0. The molecule has 4 rings (SSSR count). The number of hydrogen-bond acceptors (Lipinski definition) is 4. The molecule has 0 radical (unpaired) electrons. The van der Waals surface area contributed by atoms with Gasteiger partial charge >= 0.3 is 0 Å². The van der Waals surface area contributed by atoms with Crippen molar-refractivity contribution in [3.05, 3.63) is 59.0 Å². The second-order valence-corrected chi connectivity index (χ2v) is 6.75. The van der Waals surface area contributed by atoms with Crippen molar-refractivity contribution in [3.63, 3.8) is 0 Å². The predicted octanol–water partition coefficient (Wildman–Crippen LogP) is 2.35. The van der Waals surface area contributed by atoms with Crippen molar-refractivity contribution in [1.29, 1.82) is 0 Å². The van der Waals surface area contributed by atoms with Gasteiger partial charge in [-0.1, -0.05) is 24.3 Å². The van der Waals surface area contributed by atoms with E-state index in [0.717, 1.165) is 64.5 Å². The first-order valence-electron chi connectivity index (χ1n) is 9.03. The van der Waals surface area contributed by atoms with Crippen LogP contribution < -0.4 is 0 Å². The summed E-state index contributed by atoms with van der Waals surface area (Å²) in [5, 5.41) is 0. The number of hydrogen-bond donors (Lipinski definition) is 0. The van der Waals surface area contributed by atoms with E-state index in [0.29, 0.717) is 5.56 Å². The van der Waals surface area contributed by atoms with Crippen molar-refractivity contribution < 1.29 is 13.9 Å². The van der Waals surface area contributed by atoms with Crippen LogP contribution in [0.15, 0.2) is 41.0 Å². The Labute approximate surface area is 148 Å². The molecular weight excluding hydrogens is 316 g/mol. The second kappa shape index (κ2) is 7.42. The maximum atomic E-state index is 12.8. The van der Waals surface area contributed by atoms with Crippen LogP contribution in [0.25, 0.3) is 0 Å². The lowest BCUT2D eigenvalue weighted by Crippen LogP contribution is -2.35. The van der Waals surface area contributed by atoms with Crippen LogP contribution in [0.4, 0.5) is 0 Å². The third-order valence-corrected chi connectivity index (χ3v) is 5.09. The van der Waals surface area contributed by atoms with Crippen LogP contribution in [0.5, 0.6) is 0 Å². The molecule has 0 atom stereocenters. The van der Waals surface area contributed by atoms with Crippen LogP contribution in [0.2, 0.25) is 0 Å². The minimum absolute atomic E-state index is 0.0739. The highest BCUT2D eigenvalue weighted by atomic mass is 16.5. The Hall–Kier alpha value is -2.11. The van der Waals surface area contributed by atoms with E-state index < -0.39 is 0 Å². The summed E-state index contributed by atoms with van der Waals surface area (Å²) in [5.74, 6) is 0.924. The maximum absolute atomic E-state index is 12.8. The highest BCUT2D eigenvalue weighted by Gasteiger charge is 2.22. The van der Waals surface area contributed by atoms with E-state index >= 15 is 0 Å². The largest absolute Gasteiger partial charge is 0.467 e. The lowest BCUT2D eigenvalue weighted by molar-refractivity contribution is 0.0313. The fourth-order valence-corrected chi connectivity index (χ4v) is 3.61. The molecule has 0 unspecified atom stereocenters. The SMILES string of the molecule is O=C(c1coc(CN2CCOCC2)c1)N1CCc2ccccc2CC1. The number of ether oxygens (including phenoxy) is 1. The molecule has 3 heterocycles. The van der Waals surface area contributed by atoms with Gasteiger partial charge in [-0.25, -0.2) is 0 Å². The number of carbonyl (C=O) groups excluding carboxylic acids is 1. The number of benzene rings is 1. The van der Waals surface area contributed by atoms with E-state index in [9.17, 15) is 4.79 Å². The van der Waals surface area contributed by atoms with Crippen molar-refractivity contribution in [3.8, 4) is 0 Å². The summed E-state index contributed by atoms with van der Waals surface area (Å²) in [4.78, 5) is 17.1. The Morgan fingerprint density at radius 3 is 2.36 bits per heavy atom. The molecule has 5 heteroatoms. The van der Waals surface area contributed by atoms with Crippen molar-refractivity contribution in [1.82, 2.24) is 9.80 Å². The summed E-state index contributed by atoms with van der Waals surface area (Å²) in [6.45, 7) is 5.62. The molecule has 1 aromatic carbocycles. The van der Waals surface area contributed by atoms with Crippen molar-refractivity contribution in [2.45, 2.75) is 19.4 Å². The van der Waals surface area contributed by atoms with E-state index in [1.54, 1.807) is 6.26 Å². The van der Waals surface area contributed by atoms with E-state index in [4.69, 9.17) is 9.15 Å². The fourth-order valence-electron chi connectivity index (χ4n) is 3.61. The summed E-state index contributed by atoms with van der Waals surface area (Å²) < 4.78 is 11.0. The summed E-state index contributed by atoms with van der Waals surface area (Å²) in [5.41, 5.74) is 3.38. The average molecular weight is 340 g/mol. The molecule has 1 fully saturated rings. The average Bonchev–Trinajstić information content (AvgIpc) is 3.00. The smallest absolute Gasteiger partial charge is 0.257 e. The van der Waals surface area contributed by atoms with Crippen LogP contribution in [0.1, 0.15) is 27.2 Å². The molecule has 2 aliphatic rings. The zero-order valence-electron chi connectivity index (χ0n) is 14.4. The zero-order valence-corrected chi connectivity index (χ0v) is 14.4. The molecule has 25 heavy (non-hydrogen) atoms. The van der Waals surface area contributed by atoms with Gasteiger partial charge in [0.05, 0.1) is 25.3 Å². The van der Waals surface area contributed by atoms with Crippen LogP contribution >= 0.6 is 0 Å². The van der Waals surface area contributed by atoms with Gasteiger partial charge in [0.1, 0.15) is 12.0 Å². The Bertz CT molecular complexity index is 707. The van der Waals surface area contributed by atoms with Crippen LogP contribution in [-0.2, 0) is 24.1 Å². The normalized spacial score (nSPS) is 18.6. The molecule has 2 aliphatic heterocycles. The molecular formula is C20H24N2O3. The van der Waals surface area contributed by atoms with Gasteiger partial charge in [-0.15, -0.1) is 0 Å². The molecule has 132 valence electrons. The Balaban J connectivity index is 1.39. The summed E-state index contributed by atoms with van der Waals surface area (Å²) in [6, 6.07) is 10.4. The van der Waals surface area contributed by atoms with Crippen LogP contribution in [0.3, 0.4) is 0 Å². The Morgan fingerprint density at radius 1 is 1.00 bits per heavy atom. The van der Waals surface area contributed by atoms with E-state index in [2.05, 4.69) is 29.2 Å². The maximum Gasteiger partial charge on any atom is 0.257 e. The predicted molar refractivity (Wildman–Crippen MR) is 94.6 cm³/mol. The monoisotopic (exact) mass is 340 g/mol. The third kappa shape index (κ3) is 3.78. The highest BCUT2D eigenvalue weighted by molar-refractivity contribution is 5.94. The van der Waals surface area contributed by atoms with Gasteiger partial charge in [-0.05, 0) is 30.0 Å².